The number of alkyl halides is 3. The number of piperazine rings is 1. The summed E-state index contributed by atoms with van der Waals surface area (Å²) in [4.78, 5) is 2.21. The summed E-state index contributed by atoms with van der Waals surface area (Å²) in [6, 6.07) is 4.14. The van der Waals surface area contributed by atoms with Crippen LogP contribution in [-0.2, 0) is 0 Å². The fourth-order valence-corrected chi connectivity index (χ4v) is 3.31. The molecule has 1 atom stereocenters. The molecule has 0 saturated carbocycles. The Hall–Kier alpha value is -1.02. The summed E-state index contributed by atoms with van der Waals surface area (Å²) < 4.78 is 41.1. The molecule has 0 amide bonds. The molecule has 1 aliphatic rings. The Morgan fingerprint density at radius 2 is 1.92 bits per heavy atom. The topological polar surface area (TPSA) is 44.7 Å². The van der Waals surface area contributed by atoms with Crippen LogP contribution in [0.15, 0.2) is 18.2 Å². The average molecular weight is 367 g/mol. The molecule has 1 heterocycles. The molecule has 4 nitrogen and oxygen atoms in total. The molecule has 1 aliphatic heterocycles. The smallest absolute Gasteiger partial charge is 0.404 e. The molecule has 2 N–H and O–H groups in total. The highest BCUT2D eigenvalue weighted by Gasteiger charge is 2.37. The molecule has 1 aromatic rings. The molecule has 2 rings (SSSR count). The lowest BCUT2D eigenvalue weighted by molar-refractivity contribution is -0.274. The minimum absolute atomic E-state index is 0.0555. The van der Waals surface area contributed by atoms with Gasteiger partial charge in [-0.15, -0.1) is 13.2 Å². The SMILES string of the molecule is CC(C)(CO)[C@H](c1ccc(OC(F)(F)F)c(Cl)c1)N1CCNCC1. The highest BCUT2D eigenvalue weighted by molar-refractivity contribution is 6.32. The first-order chi connectivity index (χ1) is 11.1. The zero-order chi connectivity index (χ0) is 18.0. The van der Waals surface area contributed by atoms with Gasteiger partial charge in [0.2, 0.25) is 0 Å². The Bertz CT molecular complexity index is 561. The second-order valence-corrected chi connectivity index (χ2v) is 6.98. The zero-order valence-electron chi connectivity index (χ0n) is 13.7. The zero-order valence-corrected chi connectivity index (χ0v) is 14.4. The van der Waals surface area contributed by atoms with E-state index in [0.29, 0.717) is 0 Å². The van der Waals surface area contributed by atoms with E-state index < -0.39 is 17.5 Å². The van der Waals surface area contributed by atoms with Crippen molar-refractivity contribution < 1.29 is 23.0 Å². The number of rotatable bonds is 5. The third-order valence-corrected chi connectivity index (χ3v) is 4.46. The van der Waals surface area contributed by atoms with E-state index in [1.165, 1.54) is 12.1 Å². The summed E-state index contributed by atoms with van der Waals surface area (Å²) in [6.07, 6.45) is -4.78. The van der Waals surface area contributed by atoms with E-state index in [9.17, 15) is 18.3 Å². The Morgan fingerprint density at radius 3 is 2.42 bits per heavy atom. The van der Waals surface area contributed by atoms with Gasteiger partial charge in [0.1, 0.15) is 5.75 Å². The maximum absolute atomic E-state index is 12.4. The molecule has 1 aromatic carbocycles. The Labute approximate surface area is 144 Å². The van der Waals surface area contributed by atoms with E-state index in [0.717, 1.165) is 31.7 Å². The maximum atomic E-state index is 12.4. The number of benzene rings is 1. The highest BCUT2D eigenvalue weighted by Crippen LogP contribution is 2.41. The molecule has 24 heavy (non-hydrogen) atoms. The van der Waals surface area contributed by atoms with Gasteiger partial charge in [0.25, 0.3) is 0 Å². The van der Waals surface area contributed by atoms with E-state index in [2.05, 4.69) is 15.0 Å². The van der Waals surface area contributed by atoms with E-state index >= 15 is 0 Å². The van der Waals surface area contributed by atoms with E-state index in [-0.39, 0.29) is 17.7 Å². The Morgan fingerprint density at radius 1 is 1.29 bits per heavy atom. The normalized spacial score (nSPS) is 18.5. The lowest BCUT2D eigenvalue weighted by atomic mass is 9.79. The predicted molar refractivity (Wildman–Crippen MR) is 86.2 cm³/mol. The summed E-state index contributed by atoms with van der Waals surface area (Å²) in [5.41, 5.74) is 0.281. The molecular weight excluding hydrogens is 345 g/mol. The summed E-state index contributed by atoms with van der Waals surface area (Å²) in [6.45, 7) is 7.00. The molecule has 1 fully saturated rings. The van der Waals surface area contributed by atoms with Crippen LogP contribution in [0.2, 0.25) is 5.02 Å². The summed E-state index contributed by atoms with van der Waals surface area (Å²) >= 11 is 5.99. The van der Waals surface area contributed by atoms with Crippen molar-refractivity contribution in [1.82, 2.24) is 10.2 Å². The fraction of sp³-hybridized carbons (Fsp3) is 0.625. The van der Waals surface area contributed by atoms with Crippen LogP contribution in [0.5, 0.6) is 5.75 Å². The number of halogens is 4. The Balaban J connectivity index is 2.34. The average Bonchev–Trinajstić information content (AvgIpc) is 2.50. The van der Waals surface area contributed by atoms with Crippen LogP contribution >= 0.6 is 11.6 Å². The Kier molecular flexibility index (Phi) is 6.01. The molecular formula is C16H22ClF3N2O2. The van der Waals surface area contributed by atoms with Crippen LogP contribution in [0.4, 0.5) is 13.2 Å². The van der Waals surface area contributed by atoms with Gasteiger partial charge in [-0.1, -0.05) is 31.5 Å². The largest absolute Gasteiger partial charge is 0.573 e. The third-order valence-electron chi connectivity index (χ3n) is 4.16. The van der Waals surface area contributed by atoms with Crippen molar-refractivity contribution in [2.75, 3.05) is 32.8 Å². The lowest BCUT2D eigenvalue weighted by Crippen LogP contribution is -2.49. The van der Waals surface area contributed by atoms with Crippen LogP contribution in [0, 0.1) is 5.41 Å². The molecule has 0 aliphatic carbocycles. The lowest BCUT2D eigenvalue weighted by Gasteiger charge is -2.43. The van der Waals surface area contributed by atoms with Crippen molar-refractivity contribution in [2.45, 2.75) is 26.3 Å². The number of aliphatic hydroxyl groups excluding tert-OH is 1. The van der Waals surface area contributed by atoms with Crippen molar-refractivity contribution in [2.24, 2.45) is 5.41 Å². The van der Waals surface area contributed by atoms with E-state index in [1.54, 1.807) is 6.07 Å². The van der Waals surface area contributed by atoms with Gasteiger partial charge in [-0.2, -0.15) is 0 Å². The number of ether oxygens (including phenoxy) is 1. The van der Waals surface area contributed by atoms with Gasteiger partial charge in [-0.25, -0.2) is 0 Å². The number of hydrogen-bond donors (Lipinski definition) is 2. The van der Waals surface area contributed by atoms with Gasteiger partial charge in [0.15, 0.2) is 0 Å². The summed E-state index contributed by atoms with van der Waals surface area (Å²) in [5, 5.41) is 12.9. The minimum Gasteiger partial charge on any atom is -0.404 e. The third kappa shape index (κ3) is 4.75. The molecule has 0 aromatic heterocycles. The minimum atomic E-state index is -4.78. The first-order valence-corrected chi connectivity index (χ1v) is 8.13. The van der Waals surface area contributed by atoms with Crippen LogP contribution in [0.3, 0.4) is 0 Å². The molecule has 8 heteroatoms. The molecule has 0 spiro atoms. The van der Waals surface area contributed by atoms with Gasteiger partial charge in [0.05, 0.1) is 5.02 Å². The number of hydrogen-bond acceptors (Lipinski definition) is 4. The van der Waals surface area contributed by atoms with Gasteiger partial charge in [-0.05, 0) is 17.7 Å². The first-order valence-electron chi connectivity index (χ1n) is 7.75. The van der Waals surface area contributed by atoms with Crippen molar-refractivity contribution >= 4 is 11.6 Å². The standard InChI is InChI=1S/C16H22ClF3N2O2/c1-15(2,10-23)14(22-7-5-21-6-8-22)11-3-4-13(12(17)9-11)24-16(18,19)20/h3-4,9,14,21,23H,5-8,10H2,1-2H3/t14-/m0/s1. The van der Waals surface area contributed by atoms with Crippen molar-refractivity contribution in [3.8, 4) is 5.75 Å². The second kappa shape index (κ2) is 7.47. The molecule has 0 unspecified atom stereocenters. The van der Waals surface area contributed by atoms with Crippen LogP contribution in [0.25, 0.3) is 0 Å². The van der Waals surface area contributed by atoms with E-state index in [1.807, 2.05) is 13.8 Å². The molecule has 0 bridgehead atoms. The van der Waals surface area contributed by atoms with Crippen LogP contribution < -0.4 is 10.1 Å². The number of nitrogens with one attached hydrogen (secondary N) is 1. The molecule has 1 saturated heterocycles. The van der Waals surface area contributed by atoms with E-state index in [4.69, 9.17) is 11.6 Å². The monoisotopic (exact) mass is 366 g/mol. The van der Waals surface area contributed by atoms with Gasteiger partial charge < -0.3 is 15.2 Å². The van der Waals surface area contributed by atoms with Gasteiger partial charge in [-0.3, -0.25) is 4.90 Å². The fourth-order valence-electron chi connectivity index (χ4n) is 3.08. The van der Waals surface area contributed by atoms with Crippen molar-refractivity contribution in [3.05, 3.63) is 28.8 Å². The predicted octanol–water partition coefficient (Wildman–Crippen LogP) is 3.20. The van der Waals surface area contributed by atoms with Crippen molar-refractivity contribution in [1.29, 1.82) is 0 Å². The van der Waals surface area contributed by atoms with Gasteiger partial charge in [0, 0.05) is 44.2 Å². The molecule has 0 radical (unpaired) electrons. The first kappa shape index (κ1) is 19.3. The summed E-state index contributed by atoms with van der Waals surface area (Å²) in [7, 11) is 0. The second-order valence-electron chi connectivity index (χ2n) is 6.57. The number of nitrogens with zero attached hydrogens (tertiary/aromatic N) is 1. The molecule has 136 valence electrons. The number of aliphatic hydroxyl groups is 1. The van der Waals surface area contributed by atoms with Gasteiger partial charge >= 0.3 is 6.36 Å². The quantitative estimate of drug-likeness (QED) is 0.840. The maximum Gasteiger partial charge on any atom is 0.573 e. The highest BCUT2D eigenvalue weighted by atomic mass is 35.5. The van der Waals surface area contributed by atoms with Crippen LogP contribution in [-0.4, -0.2) is 49.2 Å². The summed E-state index contributed by atoms with van der Waals surface area (Å²) in [5.74, 6) is -0.422. The van der Waals surface area contributed by atoms with Crippen molar-refractivity contribution in [3.63, 3.8) is 0 Å². The van der Waals surface area contributed by atoms with Crippen LogP contribution in [0.1, 0.15) is 25.5 Å².